The first-order valence-corrected chi connectivity index (χ1v) is 5.26. The molecule has 0 saturated carbocycles. The molecule has 0 fully saturated rings. The number of rotatable bonds is 1. The van der Waals surface area contributed by atoms with Crippen LogP contribution in [-0.2, 0) is 0 Å². The van der Waals surface area contributed by atoms with E-state index in [4.69, 9.17) is 0 Å². The van der Waals surface area contributed by atoms with E-state index in [1.54, 1.807) is 11.3 Å². The summed E-state index contributed by atoms with van der Waals surface area (Å²) in [4.78, 5) is 1.35. The molecule has 0 aliphatic carbocycles. The minimum Gasteiger partial charge on any atom is -0.144 e. The first-order valence-electron chi connectivity index (χ1n) is 4.38. The molecule has 0 aliphatic heterocycles. The van der Waals surface area contributed by atoms with Crippen molar-refractivity contribution < 1.29 is 0 Å². The van der Waals surface area contributed by atoms with E-state index in [1.165, 1.54) is 21.6 Å². The molecule has 0 nitrogen and oxygen atoms in total. The summed E-state index contributed by atoms with van der Waals surface area (Å²) in [5.41, 5.74) is 4.06. The van der Waals surface area contributed by atoms with Crippen LogP contribution >= 0.6 is 11.3 Å². The Labute approximate surface area is 82.9 Å². The maximum Gasteiger partial charge on any atom is 0.0342 e. The van der Waals surface area contributed by atoms with Gasteiger partial charge in [0.2, 0.25) is 0 Å². The molecule has 1 heteroatoms. The molecule has 2 aromatic rings. The number of benzene rings is 1. The van der Waals surface area contributed by atoms with Crippen molar-refractivity contribution in [1.29, 1.82) is 0 Å². The molecule has 0 saturated heterocycles. The Kier molecular flexibility index (Phi) is 2.19. The van der Waals surface area contributed by atoms with Crippen LogP contribution in [0.2, 0.25) is 0 Å². The van der Waals surface area contributed by atoms with Crippen LogP contribution in [0, 0.1) is 13.8 Å². The molecule has 0 unspecified atom stereocenters. The van der Waals surface area contributed by atoms with E-state index in [2.05, 4.69) is 49.6 Å². The first kappa shape index (κ1) is 8.52. The van der Waals surface area contributed by atoms with Gasteiger partial charge in [-0.2, -0.15) is 0 Å². The van der Waals surface area contributed by atoms with Gasteiger partial charge in [-0.1, -0.05) is 24.3 Å². The van der Waals surface area contributed by atoms with Crippen molar-refractivity contribution in [3.63, 3.8) is 0 Å². The van der Waals surface area contributed by atoms with Gasteiger partial charge < -0.3 is 0 Å². The van der Waals surface area contributed by atoms with E-state index in [9.17, 15) is 0 Å². The van der Waals surface area contributed by atoms with Gasteiger partial charge in [0.25, 0.3) is 0 Å². The van der Waals surface area contributed by atoms with Gasteiger partial charge in [0.1, 0.15) is 0 Å². The lowest BCUT2D eigenvalue weighted by Crippen LogP contribution is -1.80. The summed E-state index contributed by atoms with van der Waals surface area (Å²) in [6.45, 7) is 4.31. The number of hydrogen-bond acceptors (Lipinski definition) is 1. The zero-order valence-corrected chi connectivity index (χ0v) is 8.69. The molecule has 0 amide bonds. The van der Waals surface area contributed by atoms with Crippen molar-refractivity contribution in [2.24, 2.45) is 0 Å². The van der Waals surface area contributed by atoms with E-state index < -0.39 is 0 Å². The predicted molar refractivity (Wildman–Crippen MR) is 59.2 cm³/mol. The second kappa shape index (κ2) is 3.35. The van der Waals surface area contributed by atoms with E-state index >= 15 is 0 Å². The van der Waals surface area contributed by atoms with Crippen molar-refractivity contribution in [2.75, 3.05) is 0 Å². The van der Waals surface area contributed by atoms with Crippen LogP contribution in [0.25, 0.3) is 10.4 Å². The lowest BCUT2D eigenvalue weighted by atomic mass is 10.1. The van der Waals surface area contributed by atoms with Gasteiger partial charge in [0.05, 0.1) is 0 Å². The largest absolute Gasteiger partial charge is 0.144 e. The normalized spacial score (nSPS) is 10.3. The fraction of sp³-hybridized carbons (Fsp3) is 0.167. The molecule has 1 aromatic heterocycles. The second-order valence-electron chi connectivity index (χ2n) is 3.28. The van der Waals surface area contributed by atoms with E-state index in [-0.39, 0.29) is 0 Å². The van der Waals surface area contributed by atoms with Crippen molar-refractivity contribution >= 4 is 11.3 Å². The van der Waals surface area contributed by atoms with Crippen molar-refractivity contribution in [3.8, 4) is 10.4 Å². The SMILES string of the molecule is Cc1ccc(-c2cccs2)cc1C. The topological polar surface area (TPSA) is 0 Å². The Morgan fingerprint density at radius 1 is 1.00 bits per heavy atom. The maximum absolute atomic E-state index is 2.25. The van der Waals surface area contributed by atoms with Crippen molar-refractivity contribution in [1.82, 2.24) is 0 Å². The van der Waals surface area contributed by atoms with E-state index in [0.29, 0.717) is 0 Å². The summed E-state index contributed by atoms with van der Waals surface area (Å²) in [5, 5.41) is 2.12. The third-order valence-electron chi connectivity index (χ3n) is 2.31. The van der Waals surface area contributed by atoms with Crippen LogP contribution in [0.15, 0.2) is 35.7 Å². The summed E-state index contributed by atoms with van der Waals surface area (Å²) in [6, 6.07) is 10.9. The summed E-state index contributed by atoms with van der Waals surface area (Å²) in [7, 11) is 0. The molecular formula is C12H12S. The van der Waals surface area contributed by atoms with Crippen LogP contribution < -0.4 is 0 Å². The van der Waals surface area contributed by atoms with Crippen molar-refractivity contribution in [2.45, 2.75) is 13.8 Å². The van der Waals surface area contributed by atoms with E-state index in [1.807, 2.05) is 0 Å². The lowest BCUT2D eigenvalue weighted by Gasteiger charge is -2.02. The minimum absolute atomic E-state index is 1.33. The quantitative estimate of drug-likeness (QED) is 0.633. The standard InChI is InChI=1S/C12H12S/c1-9-5-6-11(8-10(9)2)12-4-3-7-13-12/h3-8H,1-2H3. The number of aryl methyl sites for hydroxylation is 2. The highest BCUT2D eigenvalue weighted by Crippen LogP contribution is 2.26. The van der Waals surface area contributed by atoms with Gasteiger partial charge in [-0.25, -0.2) is 0 Å². The van der Waals surface area contributed by atoms with Gasteiger partial charge in [0.15, 0.2) is 0 Å². The van der Waals surface area contributed by atoms with Crippen LogP contribution in [0.3, 0.4) is 0 Å². The zero-order valence-electron chi connectivity index (χ0n) is 7.87. The van der Waals surface area contributed by atoms with Crippen LogP contribution in [0.4, 0.5) is 0 Å². The molecule has 0 N–H and O–H groups in total. The monoisotopic (exact) mass is 188 g/mol. The summed E-state index contributed by atoms with van der Waals surface area (Å²) < 4.78 is 0. The average molecular weight is 188 g/mol. The average Bonchev–Trinajstić information content (AvgIpc) is 2.62. The van der Waals surface area contributed by atoms with Gasteiger partial charge in [0, 0.05) is 4.88 Å². The predicted octanol–water partition coefficient (Wildman–Crippen LogP) is 4.03. The molecule has 66 valence electrons. The van der Waals surface area contributed by atoms with Crippen LogP contribution in [-0.4, -0.2) is 0 Å². The first-order chi connectivity index (χ1) is 6.27. The lowest BCUT2D eigenvalue weighted by molar-refractivity contribution is 1.34. The Morgan fingerprint density at radius 3 is 2.46 bits per heavy atom. The molecule has 0 atom stereocenters. The fourth-order valence-corrected chi connectivity index (χ4v) is 2.06. The molecule has 1 heterocycles. The van der Waals surface area contributed by atoms with Gasteiger partial charge in [-0.05, 0) is 42.0 Å². The van der Waals surface area contributed by atoms with Crippen molar-refractivity contribution in [3.05, 3.63) is 46.8 Å². The Balaban J connectivity index is 2.49. The highest BCUT2D eigenvalue weighted by Gasteiger charge is 1.99. The van der Waals surface area contributed by atoms with Gasteiger partial charge in [-0.15, -0.1) is 11.3 Å². The Bertz CT molecular complexity index is 399. The molecular weight excluding hydrogens is 176 g/mol. The maximum atomic E-state index is 2.25. The number of thiophene rings is 1. The minimum atomic E-state index is 1.33. The molecule has 13 heavy (non-hydrogen) atoms. The molecule has 0 aliphatic rings. The summed E-state index contributed by atoms with van der Waals surface area (Å²) in [5.74, 6) is 0. The molecule has 0 spiro atoms. The molecule has 0 radical (unpaired) electrons. The number of hydrogen-bond donors (Lipinski definition) is 0. The highest BCUT2D eigenvalue weighted by atomic mass is 32.1. The summed E-state index contributed by atoms with van der Waals surface area (Å²) in [6.07, 6.45) is 0. The highest BCUT2D eigenvalue weighted by molar-refractivity contribution is 7.13. The zero-order chi connectivity index (χ0) is 9.26. The third-order valence-corrected chi connectivity index (χ3v) is 3.23. The van der Waals surface area contributed by atoms with Gasteiger partial charge in [-0.3, -0.25) is 0 Å². The van der Waals surface area contributed by atoms with E-state index in [0.717, 1.165) is 0 Å². The van der Waals surface area contributed by atoms with Crippen LogP contribution in [0.1, 0.15) is 11.1 Å². The molecule has 0 bridgehead atoms. The second-order valence-corrected chi connectivity index (χ2v) is 4.22. The Hall–Kier alpha value is -1.08. The smallest absolute Gasteiger partial charge is 0.0342 e. The fourth-order valence-electron chi connectivity index (χ4n) is 1.34. The van der Waals surface area contributed by atoms with Crippen LogP contribution in [0.5, 0.6) is 0 Å². The molecule has 1 aromatic carbocycles. The Morgan fingerprint density at radius 2 is 1.85 bits per heavy atom. The summed E-state index contributed by atoms with van der Waals surface area (Å²) >= 11 is 1.79. The van der Waals surface area contributed by atoms with Gasteiger partial charge >= 0.3 is 0 Å². The molecule has 2 rings (SSSR count). The third kappa shape index (κ3) is 1.65.